The van der Waals surface area contributed by atoms with Crippen LogP contribution < -0.4 is 15.2 Å². The summed E-state index contributed by atoms with van der Waals surface area (Å²) in [7, 11) is 3.82. The second-order valence-electron chi connectivity index (χ2n) is 5.27. The molecule has 2 atom stereocenters. The Morgan fingerprint density at radius 1 is 1.37 bits per heavy atom. The number of methoxy groups -OCH3 is 1. The number of para-hydroxylation sites is 2. The van der Waals surface area contributed by atoms with Crippen LogP contribution in [0.1, 0.15) is 6.42 Å². The Kier molecular flexibility index (Phi) is 5.05. The number of rotatable bonds is 6. The fourth-order valence-electron chi connectivity index (χ4n) is 2.69. The van der Waals surface area contributed by atoms with Crippen LogP contribution in [-0.2, 0) is 0 Å². The Labute approximate surface area is 115 Å². The van der Waals surface area contributed by atoms with E-state index in [2.05, 4.69) is 11.9 Å². The van der Waals surface area contributed by atoms with Crippen molar-refractivity contribution in [1.82, 2.24) is 4.90 Å². The van der Waals surface area contributed by atoms with Gasteiger partial charge in [-0.2, -0.15) is 0 Å². The van der Waals surface area contributed by atoms with E-state index < -0.39 is 0 Å². The Bertz CT molecular complexity index is 397. The van der Waals surface area contributed by atoms with Gasteiger partial charge in [-0.3, -0.25) is 0 Å². The molecule has 1 aromatic rings. The van der Waals surface area contributed by atoms with Crippen molar-refractivity contribution in [2.75, 3.05) is 40.4 Å². The van der Waals surface area contributed by atoms with E-state index in [1.807, 2.05) is 24.3 Å². The number of hydrogen-bond donors (Lipinski definition) is 1. The van der Waals surface area contributed by atoms with Crippen molar-refractivity contribution in [3.8, 4) is 11.5 Å². The zero-order valence-corrected chi connectivity index (χ0v) is 11.8. The third-order valence-electron chi connectivity index (χ3n) is 3.92. The average Bonchev–Trinajstić information content (AvgIpc) is 2.86. The Morgan fingerprint density at radius 2 is 2.11 bits per heavy atom. The van der Waals surface area contributed by atoms with Crippen LogP contribution in [0.2, 0.25) is 0 Å². The summed E-state index contributed by atoms with van der Waals surface area (Å²) in [6.07, 6.45) is 1.22. The van der Waals surface area contributed by atoms with Gasteiger partial charge < -0.3 is 20.1 Å². The molecule has 1 fully saturated rings. The van der Waals surface area contributed by atoms with Crippen molar-refractivity contribution >= 4 is 0 Å². The standard InChI is InChI=1S/C15H24N2O2/c1-17-8-7-12(10-17)13(9-16)11-19-15-6-4-3-5-14(15)18-2/h3-6,12-13H,7-11,16H2,1-2H3. The minimum Gasteiger partial charge on any atom is -0.493 e. The van der Waals surface area contributed by atoms with E-state index in [9.17, 15) is 0 Å². The first-order valence-corrected chi connectivity index (χ1v) is 6.89. The third kappa shape index (κ3) is 3.61. The van der Waals surface area contributed by atoms with Gasteiger partial charge in [-0.15, -0.1) is 0 Å². The lowest BCUT2D eigenvalue weighted by Crippen LogP contribution is -2.30. The first-order chi connectivity index (χ1) is 9.24. The molecule has 1 aromatic carbocycles. The van der Waals surface area contributed by atoms with Crippen molar-refractivity contribution in [3.05, 3.63) is 24.3 Å². The summed E-state index contributed by atoms with van der Waals surface area (Å²) in [6, 6.07) is 7.75. The van der Waals surface area contributed by atoms with Crippen molar-refractivity contribution < 1.29 is 9.47 Å². The molecule has 0 saturated carbocycles. The molecule has 0 aromatic heterocycles. The summed E-state index contributed by atoms with van der Waals surface area (Å²) in [4.78, 5) is 2.36. The maximum absolute atomic E-state index is 5.91. The zero-order chi connectivity index (χ0) is 13.7. The molecule has 4 nitrogen and oxygen atoms in total. The largest absolute Gasteiger partial charge is 0.493 e. The highest BCUT2D eigenvalue weighted by molar-refractivity contribution is 5.39. The van der Waals surface area contributed by atoms with Crippen molar-refractivity contribution in [2.24, 2.45) is 17.6 Å². The fraction of sp³-hybridized carbons (Fsp3) is 0.600. The summed E-state index contributed by atoms with van der Waals surface area (Å²) in [5.74, 6) is 2.64. The Hall–Kier alpha value is -1.26. The molecule has 0 amide bonds. The van der Waals surface area contributed by atoms with Gasteiger partial charge in [-0.05, 0) is 44.6 Å². The first-order valence-electron chi connectivity index (χ1n) is 6.89. The number of likely N-dealkylation sites (tertiary alicyclic amines) is 1. The molecule has 1 aliphatic rings. The van der Waals surface area contributed by atoms with Crippen LogP contribution in [0.15, 0.2) is 24.3 Å². The van der Waals surface area contributed by atoms with E-state index in [-0.39, 0.29) is 0 Å². The lowest BCUT2D eigenvalue weighted by molar-refractivity contribution is 0.193. The van der Waals surface area contributed by atoms with Gasteiger partial charge in [0.15, 0.2) is 11.5 Å². The molecule has 1 aliphatic heterocycles. The third-order valence-corrected chi connectivity index (χ3v) is 3.92. The molecule has 0 radical (unpaired) electrons. The van der Waals surface area contributed by atoms with Crippen LogP contribution in [0, 0.1) is 11.8 Å². The molecule has 0 aliphatic carbocycles. The van der Waals surface area contributed by atoms with Gasteiger partial charge in [-0.1, -0.05) is 12.1 Å². The van der Waals surface area contributed by atoms with Gasteiger partial charge in [0.1, 0.15) is 0 Å². The van der Waals surface area contributed by atoms with Crippen LogP contribution >= 0.6 is 0 Å². The molecule has 106 valence electrons. The van der Waals surface area contributed by atoms with Gasteiger partial charge in [0, 0.05) is 12.5 Å². The van der Waals surface area contributed by atoms with Crippen molar-refractivity contribution in [3.63, 3.8) is 0 Å². The zero-order valence-electron chi connectivity index (χ0n) is 11.8. The van der Waals surface area contributed by atoms with Gasteiger partial charge >= 0.3 is 0 Å². The molecule has 4 heteroatoms. The summed E-state index contributed by atoms with van der Waals surface area (Å²) in [6.45, 7) is 3.62. The van der Waals surface area contributed by atoms with Gasteiger partial charge in [0.05, 0.1) is 13.7 Å². The predicted octanol–water partition coefficient (Wildman–Crippen LogP) is 1.60. The quantitative estimate of drug-likeness (QED) is 0.848. The molecule has 1 heterocycles. The molecule has 0 spiro atoms. The second-order valence-corrected chi connectivity index (χ2v) is 5.27. The first kappa shape index (κ1) is 14.2. The molecule has 19 heavy (non-hydrogen) atoms. The predicted molar refractivity (Wildman–Crippen MR) is 76.6 cm³/mol. The summed E-state index contributed by atoms with van der Waals surface area (Å²) < 4.78 is 11.2. The van der Waals surface area contributed by atoms with Crippen LogP contribution in [0.3, 0.4) is 0 Å². The normalized spacial score (nSPS) is 21.3. The number of nitrogens with zero attached hydrogens (tertiary/aromatic N) is 1. The second kappa shape index (κ2) is 6.78. The summed E-state index contributed by atoms with van der Waals surface area (Å²) in [5, 5.41) is 0. The van der Waals surface area contributed by atoms with E-state index in [1.165, 1.54) is 6.42 Å². The molecular weight excluding hydrogens is 240 g/mol. The Morgan fingerprint density at radius 3 is 2.68 bits per heavy atom. The fourth-order valence-corrected chi connectivity index (χ4v) is 2.69. The molecular formula is C15H24N2O2. The van der Waals surface area contributed by atoms with Crippen LogP contribution in [0.25, 0.3) is 0 Å². The van der Waals surface area contributed by atoms with Gasteiger partial charge in [0.2, 0.25) is 0 Å². The smallest absolute Gasteiger partial charge is 0.161 e. The highest BCUT2D eigenvalue weighted by Crippen LogP contribution is 2.28. The Balaban J connectivity index is 1.92. The maximum Gasteiger partial charge on any atom is 0.161 e. The molecule has 2 unspecified atom stereocenters. The van der Waals surface area contributed by atoms with Crippen molar-refractivity contribution in [2.45, 2.75) is 6.42 Å². The molecule has 0 bridgehead atoms. The minimum atomic E-state index is 0.412. The monoisotopic (exact) mass is 264 g/mol. The lowest BCUT2D eigenvalue weighted by atomic mass is 9.92. The van der Waals surface area contributed by atoms with E-state index in [4.69, 9.17) is 15.2 Å². The number of benzene rings is 1. The summed E-state index contributed by atoms with van der Waals surface area (Å²) >= 11 is 0. The molecule has 1 saturated heterocycles. The maximum atomic E-state index is 5.91. The van der Waals surface area contributed by atoms with E-state index in [0.29, 0.717) is 25.0 Å². The molecule has 2 N–H and O–H groups in total. The van der Waals surface area contributed by atoms with Crippen LogP contribution in [0.4, 0.5) is 0 Å². The van der Waals surface area contributed by atoms with Crippen LogP contribution in [-0.4, -0.2) is 45.3 Å². The highest BCUT2D eigenvalue weighted by atomic mass is 16.5. The highest BCUT2D eigenvalue weighted by Gasteiger charge is 2.27. The molecule has 2 rings (SSSR count). The SMILES string of the molecule is COc1ccccc1OCC(CN)C1CCN(C)C1. The minimum absolute atomic E-state index is 0.412. The number of ether oxygens (including phenoxy) is 2. The average molecular weight is 264 g/mol. The summed E-state index contributed by atoms with van der Waals surface area (Å²) in [5.41, 5.74) is 5.90. The number of hydrogen-bond acceptors (Lipinski definition) is 4. The lowest BCUT2D eigenvalue weighted by Gasteiger charge is -2.22. The van der Waals surface area contributed by atoms with E-state index in [0.717, 1.165) is 24.6 Å². The van der Waals surface area contributed by atoms with E-state index in [1.54, 1.807) is 7.11 Å². The van der Waals surface area contributed by atoms with E-state index >= 15 is 0 Å². The van der Waals surface area contributed by atoms with Crippen molar-refractivity contribution in [1.29, 1.82) is 0 Å². The van der Waals surface area contributed by atoms with Gasteiger partial charge in [0.25, 0.3) is 0 Å². The van der Waals surface area contributed by atoms with Crippen LogP contribution in [0.5, 0.6) is 11.5 Å². The number of nitrogens with two attached hydrogens (primary N) is 1. The topological polar surface area (TPSA) is 47.7 Å². The van der Waals surface area contributed by atoms with Gasteiger partial charge in [-0.25, -0.2) is 0 Å².